The average molecular weight is 283 g/mol. The number of alkyl halides is 3. The van der Waals surface area contributed by atoms with Crippen LogP contribution in [0.4, 0.5) is 18.0 Å². The van der Waals surface area contributed by atoms with Gasteiger partial charge in [-0.1, -0.05) is 0 Å². The maximum absolute atomic E-state index is 12.7. The van der Waals surface area contributed by atoms with Gasteiger partial charge in [0.1, 0.15) is 5.60 Å². The van der Waals surface area contributed by atoms with Crippen LogP contribution in [0.5, 0.6) is 0 Å². The highest BCUT2D eigenvalue weighted by Gasteiger charge is 2.54. The van der Waals surface area contributed by atoms with Gasteiger partial charge in [-0.2, -0.15) is 13.2 Å². The number of nitrogens with zero attached hydrogens (tertiary/aromatic N) is 1. The molecule has 0 aromatic carbocycles. The van der Waals surface area contributed by atoms with E-state index in [9.17, 15) is 22.8 Å². The minimum Gasteiger partial charge on any atom is -0.481 e. The molecule has 8 heteroatoms. The van der Waals surface area contributed by atoms with Crippen LogP contribution in [0.15, 0.2) is 0 Å². The monoisotopic (exact) mass is 283 g/mol. The van der Waals surface area contributed by atoms with Gasteiger partial charge in [0.15, 0.2) is 0 Å². The Hall–Kier alpha value is -1.47. The van der Waals surface area contributed by atoms with E-state index in [1.165, 1.54) is 0 Å². The molecule has 5 nitrogen and oxygen atoms in total. The van der Waals surface area contributed by atoms with Gasteiger partial charge < -0.3 is 14.7 Å². The number of halogens is 3. The molecule has 2 atom stereocenters. The zero-order valence-corrected chi connectivity index (χ0v) is 10.8. The Morgan fingerprint density at radius 3 is 2.05 bits per heavy atom. The summed E-state index contributed by atoms with van der Waals surface area (Å²) < 4.78 is 43.0. The topological polar surface area (TPSA) is 66.8 Å². The summed E-state index contributed by atoms with van der Waals surface area (Å²) in [6, 6.07) is 0. The third-order valence-electron chi connectivity index (χ3n) is 2.71. The molecule has 1 fully saturated rings. The van der Waals surface area contributed by atoms with E-state index in [0.717, 1.165) is 4.90 Å². The van der Waals surface area contributed by atoms with Crippen LogP contribution < -0.4 is 0 Å². The molecule has 1 unspecified atom stereocenters. The van der Waals surface area contributed by atoms with Crippen molar-refractivity contribution >= 4 is 12.1 Å². The predicted molar refractivity (Wildman–Crippen MR) is 58.5 cm³/mol. The van der Waals surface area contributed by atoms with Crippen LogP contribution in [0.25, 0.3) is 0 Å². The number of carboxylic acids is 1. The molecule has 0 aromatic rings. The summed E-state index contributed by atoms with van der Waals surface area (Å²) in [7, 11) is 0. The highest BCUT2D eigenvalue weighted by atomic mass is 19.4. The number of hydrogen-bond donors (Lipinski definition) is 1. The third-order valence-corrected chi connectivity index (χ3v) is 2.71. The summed E-state index contributed by atoms with van der Waals surface area (Å²) in [6.07, 6.45) is -5.58. The molecule has 0 radical (unpaired) electrons. The van der Waals surface area contributed by atoms with Crippen LogP contribution in [-0.4, -0.2) is 46.9 Å². The van der Waals surface area contributed by atoms with Gasteiger partial charge >= 0.3 is 18.2 Å². The Morgan fingerprint density at radius 1 is 1.21 bits per heavy atom. The summed E-state index contributed by atoms with van der Waals surface area (Å²) in [6.45, 7) is 3.56. The van der Waals surface area contributed by atoms with Gasteiger partial charge in [-0.15, -0.1) is 0 Å². The fourth-order valence-electron chi connectivity index (χ4n) is 1.86. The first-order chi connectivity index (χ1) is 8.42. The lowest BCUT2D eigenvalue weighted by atomic mass is 9.96. The van der Waals surface area contributed by atoms with E-state index in [0.29, 0.717) is 0 Å². The first-order valence-electron chi connectivity index (χ1n) is 5.69. The fraction of sp³-hybridized carbons (Fsp3) is 0.818. The zero-order valence-electron chi connectivity index (χ0n) is 10.8. The molecule has 0 spiro atoms. The molecule has 19 heavy (non-hydrogen) atoms. The van der Waals surface area contributed by atoms with E-state index in [4.69, 9.17) is 9.84 Å². The zero-order chi connectivity index (χ0) is 15.0. The normalized spacial score (nSPS) is 24.4. The van der Waals surface area contributed by atoms with Crippen molar-refractivity contribution in [3.8, 4) is 0 Å². The summed E-state index contributed by atoms with van der Waals surface area (Å²) in [5.74, 6) is -5.27. The minimum atomic E-state index is -4.65. The Bertz CT molecular complexity index is 375. The summed E-state index contributed by atoms with van der Waals surface area (Å²) in [5, 5.41) is 8.80. The van der Waals surface area contributed by atoms with Crippen molar-refractivity contribution in [2.45, 2.75) is 32.5 Å². The molecule has 1 aliphatic rings. The first kappa shape index (κ1) is 15.6. The second-order valence-corrected chi connectivity index (χ2v) is 5.48. The minimum absolute atomic E-state index is 0.492. The lowest BCUT2D eigenvalue weighted by Crippen LogP contribution is -2.36. The van der Waals surface area contributed by atoms with E-state index in [2.05, 4.69) is 0 Å². The van der Waals surface area contributed by atoms with Crippen molar-refractivity contribution in [3.63, 3.8) is 0 Å². The first-order valence-corrected chi connectivity index (χ1v) is 5.69. The highest BCUT2D eigenvalue weighted by molar-refractivity contribution is 5.74. The van der Waals surface area contributed by atoms with Crippen LogP contribution in [0.2, 0.25) is 0 Å². The second kappa shape index (κ2) is 4.90. The van der Waals surface area contributed by atoms with Crippen LogP contribution in [0.1, 0.15) is 20.8 Å². The Balaban J connectivity index is 2.81. The molecule has 1 N–H and O–H groups in total. The van der Waals surface area contributed by atoms with Gasteiger partial charge in [-0.05, 0) is 20.8 Å². The number of carbonyl (C=O) groups is 2. The van der Waals surface area contributed by atoms with E-state index < -0.39 is 48.8 Å². The van der Waals surface area contributed by atoms with Crippen molar-refractivity contribution in [2.24, 2.45) is 11.8 Å². The summed E-state index contributed by atoms with van der Waals surface area (Å²) >= 11 is 0. The Kier molecular flexibility index (Phi) is 4.02. The third kappa shape index (κ3) is 4.00. The number of carbonyl (C=O) groups excluding carboxylic acids is 1. The largest absolute Gasteiger partial charge is 0.481 e. The van der Waals surface area contributed by atoms with E-state index >= 15 is 0 Å². The molecule has 1 amide bonds. The number of carboxylic acid groups (broad SMARTS) is 1. The van der Waals surface area contributed by atoms with Crippen LogP contribution >= 0.6 is 0 Å². The number of likely N-dealkylation sites (tertiary alicyclic amines) is 1. The van der Waals surface area contributed by atoms with Gasteiger partial charge in [0.2, 0.25) is 0 Å². The number of rotatable bonds is 1. The molecule has 1 saturated heterocycles. The quantitative estimate of drug-likeness (QED) is 0.800. The lowest BCUT2D eigenvalue weighted by Gasteiger charge is -2.24. The van der Waals surface area contributed by atoms with Gasteiger partial charge in [-0.3, -0.25) is 4.79 Å². The molecule has 0 saturated carbocycles. The average Bonchev–Trinajstić information content (AvgIpc) is 2.57. The molecule has 0 aromatic heterocycles. The number of hydrogen-bond acceptors (Lipinski definition) is 3. The Morgan fingerprint density at radius 2 is 1.74 bits per heavy atom. The van der Waals surface area contributed by atoms with Gasteiger partial charge in [0, 0.05) is 13.1 Å². The van der Waals surface area contributed by atoms with E-state index in [1.807, 2.05) is 0 Å². The molecule has 1 heterocycles. The smallest absolute Gasteiger partial charge is 0.410 e. The molecular weight excluding hydrogens is 267 g/mol. The Labute approximate surface area is 108 Å². The second-order valence-electron chi connectivity index (χ2n) is 5.48. The molecule has 1 aliphatic heterocycles. The van der Waals surface area contributed by atoms with Gasteiger partial charge in [0.05, 0.1) is 11.8 Å². The molecule has 1 rings (SSSR count). The van der Waals surface area contributed by atoms with Crippen LogP contribution in [0.3, 0.4) is 0 Å². The highest BCUT2D eigenvalue weighted by Crippen LogP contribution is 2.38. The SMILES string of the molecule is CC(C)(C)OC(=O)N1CC(C(=O)O)[C@@H](C(F)(F)F)C1. The maximum atomic E-state index is 12.7. The van der Waals surface area contributed by atoms with Gasteiger partial charge in [0.25, 0.3) is 0 Å². The number of amides is 1. The van der Waals surface area contributed by atoms with Gasteiger partial charge in [-0.25, -0.2) is 4.79 Å². The molecule has 110 valence electrons. The number of aliphatic carboxylic acids is 1. The molecule has 0 aliphatic carbocycles. The predicted octanol–water partition coefficient (Wildman–Crippen LogP) is 2.12. The van der Waals surface area contributed by atoms with Crippen molar-refractivity contribution in [3.05, 3.63) is 0 Å². The summed E-state index contributed by atoms with van der Waals surface area (Å²) in [4.78, 5) is 23.3. The molecular formula is C11H16F3NO4. The van der Waals surface area contributed by atoms with Crippen molar-refractivity contribution in [2.75, 3.05) is 13.1 Å². The van der Waals surface area contributed by atoms with Crippen molar-refractivity contribution < 1.29 is 32.6 Å². The van der Waals surface area contributed by atoms with Crippen molar-refractivity contribution in [1.82, 2.24) is 4.90 Å². The maximum Gasteiger partial charge on any atom is 0.410 e. The molecule has 0 bridgehead atoms. The fourth-order valence-corrected chi connectivity index (χ4v) is 1.86. The lowest BCUT2D eigenvalue weighted by molar-refractivity contribution is -0.188. The van der Waals surface area contributed by atoms with Crippen LogP contribution in [0, 0.1) is 11.8 Å². The standard InChI is InChI=1S/C11H16F3NO4/c1-10(2,3)19-9(18)15-4-6(8(16)17)7(5-15)11(12,13)14/h6-7H,4-5H2,1-3H3,(H,16,17)/t6?,7-/m0/s1. The van der Waals surface area contributed by atoms with E-state index in [-0.39, 0.29) is 0 Å². The van der Waals surface area contributed by atoms with E-state index in [1.54, 1.807) is 20.8 Å². The number of ether oxygens (including phenoxy) is 1. The summed E-state index contributed by atoms with van der Waals surface area (Å²) in [5.41, 5.74) is -0.841. The van der Waals surface area contributed by atoms with Crippen LogP contribution in [-0.2, 0) is 9.53 Å². The van der Waals surface area contributed by atoms with Crippen molar-refractivity contribution in [1.29, 1.82) is 0 Å².